The van der Waals surface area contributed by atoms with E-state index >= 15 is 0 Å². The summed E-state index contributed by atoms with van der Waals surface area (Å²) < 4.78 is 0. The maximum absolute atomic E-state index is 10.1. The van der Waals surface area contributed by atoms with Crippen LogP contribution in [0.25, 0.3) is 10.8 Å². The van der Waals surface area contributed by atoms with Crippen LogP contribution in [0.15, 0.2) is 36.4 Å². The number of benzene rings is 2. The zero-order chi connectivity index (χ0) is 12.4. The van der Waals surface area contributed by atoms with Gasteiger partial charge in [-0.1, -0.05) is 36.4 Å². The molecule has 2 unspecified atom stereocenters. The number of rotatable bonds is 3. The second-order valence-electron chi connectivity index (χ2n) is 3.97. The Morgan fingerprint density at radius 2 is 1.76 bits per heavy atom. The summed E-state index contributed by atoms with van der Waals surface area (Å²) in [6.45, 7) is -0.0621. The first-order valence-corrected chi connectivity index (χ1v) is 5.42. The highest BCUT2D eigenvalue weighted by Gasteiger charge is 2.20. The lowest BCUT2D eigenvalue weighted by Crippen LogP contribution is -2.27. The van der Waals surface area contributed by atoms with Gasteiger partial charge in [-0.2, -0.15) is 0 Å². The van der Waals surface area contributed by atoms with Crippen LogP contribution in [-0.4, -0.2) is 28.0 Å². The van der Waals surface area contributed by atoms with Crippen LogP contribution >= 0.6 is 0 Å². The highest BCUT2D eigenvalue weighted by atomic mass is 16.3. The van der Waals surface area contributed by atoms with E-state index in [-0.39, 0.29) is 12.3 Å². The predicted molar refractivity (Wildman–Crippen MR) is 65.6 cm³/mol. The van der Waals surface area contributed by atoms with E-state index in [1.165, 1.54) is 0 Å². The van der Waals surface area contributed by atoms with Gasteiger partial charge in [0.25, 0.3) is 0 Å². The van der Waals surface area contributed by atoms with E-state index in [0.29, 0.717) is 10.9 Å². The molecule has 4 nitrogen and oxygen atoms in total. The highest BCUT2D eigenvalue weighted by molar-refractivity contribution is 5.89. The van der Waals surface area contributed by atoms with Crippen LogP contribution in [0.1, 0.15) is 11.7 Å². The summed E-state index contributed by atoms with van der Waals surface area (Å²) in [6, 6.07) is 10.7. The van der Waals surface area contributed by atoms with Gasteiger partial charge in [-0.05, 0) is 5.39 Å². The summed E-state index contributed by atoms with van der Waals surface area (Å²) >= 11 is 0. The van der Waals surface area contributed by atoms with E-state index < -0.39 is 12.2 Å². The van der Waals surface area contributed by atoms with Crippen molar-refractivity contribution in [1.82, 2.24) is 0 Å². The number of nitrogens with two attached hydrogens (primary N) is 1. The van der Waals surface area contributed by atoms with Gasteiger partial charge >= 0.3 is 0 Å². The van der Waals surface area contributed by atoms with E-state index in [4.69, 9.17) is 5.73 Å². The van der Waals surface area contributed by atoms with Gasteiger partial charge in [0.05, 0.1) is 6.10 Å². The lowest BCUT2D eigenvalue weighted by atomic mass is 9.99. The van der Waals surface area contributed by atoms with Crippen molar-refractivity contribution in [3.63, 3.8) is 0 Å². The monoisotopic (exact) mass is 233 g/mol. The Labute approximate surface area is 98.9 Å². The van der Waals surface area contributed by atoms with Gasteiger partial charge in [-0.25, -0.2) is 0 Å². The number of phenolic OH excluding ortho intramolecular Hbond substituents is 1. The van der Waals surface area contributed by atoms with E-state index in [9.17, 15) is 15.3 Å². The maximum atomic E-state index is 10.1. The summed E-state index contributed by atoms with van der Waals surface area (Å²) in [5.74, 6) is -0.0110. The molecule has 0 saturated heterocycles. The fourth-order valence-corrected chi connectivity index (χ4v) is 1.85. The lowest BCUT2D eigenvalue weighted by Gasteiger charge is -2.18. The predicted octanol–water partition coefficient (Wildman–Crippen LogP) is 0.898. The number of aromatic hydroxyl groups is 1. The van der Waals surface area contributed by atoms with Crippen LogP contribution in [0.4, 0.5) is 0 Å². The molecule has 0 fully saturated rings. The first-order valence-electron chi connectivity index (χ1n) is 5.42. The zero-order valence-electron chi connectivity index (χ0n) is 9.24. The molecule has 0 radical (unpaired) electrons. The van der Waals surface area contributed by atoms with Gasteiger partial charge < -0.3 is 21.1 Å². The average molecular weight is 233 g/mol. The van der Waals surface area contributed by atoms with Crippen molar-refractivity contribution in [3.8, 4) is 5.75 Å². The smallest absolute Gasteiger partial charge is 0.129 e. The van der Waals surface area contributed by atoms with Crippen molar-refractivity contribution in [2.75, 3.05) is 6.54 Å². The molecule has 0 saturated carbocycles. The largest absolute Gasteiger partial charge is 0.507 e. The second kappa shape index (κ2) is 4.71. The number of aliphatic hydroxyl groups is 2. The Bertz CT molecular complexity index is 527. The third-order valence-corrected chi connectivity index (χ3v) is 2.86. The highest BCUT2D eigenvalue weighted by Crippen LogP contribution is 2.33. The van der Waals surface area contributed by atoms with Crippen molar-refractivity contribution in [3.05, 3.63) is 42.0 Å². The topological polar surface area (TPSA) is 86.7 Å². The molecule has 0 spiro atoms. The fraction of sp³-hybridized carbons (Fsp3) is 0.231. The van der Waals surface area contributed by atoms with E-state index in [1.807, 2.05) is 12.1 Å². The van der Waals surface area contributed by atoms with Crippen LogP contribution in [0.3, 0.4) is 0 Å². The molecule has 0 amide bonds. The van der Waals surface area contributed by atoms with Gasteiger partial charge in [-0.15, -0.1) is 0 Å². The summed E-state index contributed by atoms with van der Waals surface area (Å²) in [7, 11) is 0. The first-order chi connectivity index (χ1) is 8.15. The Morgan fingerprint density at radius 1 is 1.06 bits per heavy atom. The zero-order valence-corrected chi connectivity index (χ0v) is 9.24. The Kier molecular flexibility index (Phi) is 3.28. The van der Waals surface area contributed by atoms with Crippen molar-refractivity contribution < 1.29 is 15.3 Å². The molecular weight excluding hydrogens is 218 g/mol. The number of aliphatic hydroxyl groups excluding tert-OH is 2. The van der Waals surface area contributed by atoms with Crippen molar-refractivity contribution in [2.45, 2.75) is 12.2 Å². The van der Waals surface area contributed by atoms with Gasteiger partial charge in [0.1, 0.15) is 11.9 Å². The molecule has 5 N–H and O–H groups in total. The Balaban J connectivity index is 2.52. The van der Waals surface area contributed by atoms with Gasteiger partial charge in [0.15, 0.2) is 0 Å². The van der Waals surface area contributed by atoms with Gasteiger partial charge in [0.2, 0.25) is 0 Å². The maximum Gasteiger partial charge on any atom is 0.129 e. The molecule has 2 rings (SSSR count). The number of fused-ring (bicyclic) bond motifs is 1. The minimum absolute atomic E-state index is 0.0110. The molecule has 0 bridgehead atoms. The molecule has 0 aliphatic heterocycles. The number of phenols is 1. The van der Waals surface area contributed by atoms with Crippen LogP contribution < -0.4 is 5.73 Å². The molecule has 17 heavy (non-hydrogen) atoms. The molecule has 2 aromatic carbocycles. The standard InChI is InChI=1S/C13H15NO3/c14-7-11(15)13(17)10-6-5-8-3-1-2-4-9(8)12(10)16/h1-6,11,13,15-17H,7,14H2. The molecule has 2 aromatic rings. The molecule has 0 aliphatic carbocycles. The molecule has 0 aromatic heterocycles. The summed E-state index contributed by atoms with van der Waals surface area (Å²) in [6.07, 6.45) is -2.26. The molecule has 0 heterocycles. The SMILES string of the molecule is NCC(O)C(O)c1ccc2ccccc2c1O. The minimum Gasteiger partial charge on any atom is -0.507 e. The average Bonchev–Trinajstić information content (AvgIpc) is 2.38. The minimum atomic E-state index is -1.18. The molecular formula is C13H15NO3. The Morgan fingerprint density at radius 3 is 2.47 bits per heavy atom. The lowest BCUT2D eigenvalue weighted by molar-refractivity contribution is 0.0231. The van der Waals surface area contributed by atoms with Crippen molar-refractivity contribution in [1.29, 1.82) is 0 Å². The third-order valence-electron chi connectivity index (χ3n) is 2.86. The molecule has 90 valence electrons. The second-order valence-corrected chi connectivity index (χ2v) is 3.97. The van der Waals surface area contributed by atoms with E-state index in [2.05, 4.69) is 0 Å². The van der Waals surface area contributed by atoms with Gasteiger partial charge in [-0.3, -0.25) is 0 Å². The summed E-state index contributed by atoms with van der Waals surface area (Å²) in [5.41, 5.74) is 5.57. The van der Waals surface area contributed by atoms with Crippen molar-refractivity contribution in [2.24, 2.45) is 5.73 Å². The first kappa shape index (κ1) is 11.9. The number of hydrogen-bond acceptors (Lipinski definition) is 4. The van der Waals surface area contributed by atoms with Crippen LogP contribution in [0.5, 0.6) is 5.75 Å². The third kappa shape index (κ3) is 2.10. The van der Waals surface area contributed by atoms with Gasteiger partial charge in [0, 0.05) is 17.5 Å². The quantitative estimate of drug-likeness (QED) is 0.634. The molecule has 2 atom stereocenters. The normalized spacial score (nSPS) is 14.8. The molecule has 0 aliphatic rings. The van der Waals surface area contributed by atoms with E-state index in [1.54, 1.807) is 24.3 Å². The van der Waals surface area contributed by atoms with Crippen LogP contribution in [0.2, 0.25) is 0 Å². The summed E-state index contributed by atoms with van der Waals surface area (Å²) in [4.78, 5) is 0. The fourth-order valence-electron chi connectivity index (χ4n) is 1.85. The van der Waals surface area contributed by atoms with E-state index in [0.717, 1.165) is 5.39 Å². The van der Waals surface area contributed by atoms with Crippen LogP contribution in [0, 0.1) is 0 Å². The summed E-state index contributed by atoms with van der Waals surface area (Å²) in [5, 5.41) is 30.9. The Hall–Kier alpha value is -1.62. The van der Waals surface area contributed by atoms with Crippen LogP contribution in [-0.2, 0) is 0 Å². The number of hydrogen-bond donors (Lipinski definition) is 4. The van der Waals surface area contributed by atoms with Crippen molar-refractivity contribution >= 4 is 10.8 Å². The molecule has 4 heteroatoms.